The summed E-state index contributed by atoms with van der Waals surface area (Å²) in [6.45, 7) is 6.91. The fourth-order valence-electron chi connectivity index (χ4n) is 1.64. The maximum atomic E-state index is 11.2. The van der Waals surface area contributed by atoms with Gasteiger partial charge in [-0.05, 0) is 12.3 Å². The van der Waals surface area contributed by atoms with Gasteiger partial charge in [0.25, 0.3) is 0 Å². The van der Waals surface area contributed by atoms with Gasteiger partial charge in [-0.2, -0.15) is 0 Å². The highest BCUT2D eigenvalue weighted by Gasteiger charge is 2.04. The zero-order chi connectivity index (χ0) is 12.2. The Kier molecular flexibility index (Phi) is 10.6. The number of carbonyl (C=O) groups is 1. The summed E-state index contributed by atoms with van der Waals surface area (Å²) in [6.07, 6.45) is 9.38. The molecule has 0 rings (SSSR count). The van der Waals surface area contributed by atoms with Gasteiger partial charge in [0.05, 0.1) is 6.61 Å². The molecule has 0 aliphatic rings. The van der Waals surface area contributed by atoms with E-state index in [-0.39, 0.29) is 5.97 Å². The van der Waals surface area contributed by atoms with Gasteiger partial charge < -0.3 is 4.74 Å². The van der Waals surface area contributed by atoms with Crippen LogP contribution in [-0.2, 0) is 9.53 Å². The minimum absolute atomic E-state index is 0.0408. The lowest BCUT2D eigenvalue weighted by atomic mass is 10.1. The highest BCUT2D eigenvalue weighted by atomic mass is 16.5. The molecule has 0 amide bonds. The van der Waals surface area contributed by atoms with E-state index >= 15 is 0 Å². The van der Waals surface area contributed by atoms with Gasteiger partial charge in [-0.25, -0.2) is 0 Å². The molecule has 0 aliphatic heterocycles. The van der Waals surface area contributed by atoms with Crippen molar-refractivity contribution >= 4 is 5.97 Å². The zero-order valence-electron chi connectivity index (χ0n) is 11.3. The van der Waals surface area contributed by atoms with E-state index in [4.69, 9.17) is 4.74 Å². The fraction of sp³-hybridized carbons (Fsp3) is 0.929. The number of unbranched alkanes of at least 4 members (excludes halogenated alkanes) is 6. The second-order valence-electron chi connectivity index (χ2n) is 4.94. The van der Waals surface area contributed by atoms with Crippen LogP contribution in [0.25, 0.3) is 0 Å². The molecule has 0 saturated heterocycles. The molecule has 0 aromatic rings. The quantitative estimate of drug-likeness (QED) is 0.411. The Morgan fingerprint density at radius 3 is 2.12 bits per heavy atom. The van der Waals surface area contributed by atoms with Crippen LogP contribution in [0.1, 0.15) is 72.1 Å². The van der Waals surface area contributed by atoms with Crippen LogP contribution in [0.15, 0.2) is 0 Å². The summed E-state index contributed by atoms with van der Waals surface area (Å²) in [7, 11) is 0. The number of hydrogen-bond donors (Lipinski definition) is 0. The number of carbonyl (C=O) groups excluding carboxylic acids is 1. The molecule has 0 aromatic heterocycles. The van der Waals surface area contributed by atoms with Crippen molar-refractivity contribution in [2.24, 2.45) is 5.92 Å². The van der Waals surface area contributed by atoms with Gasteiger partial charge in [0.1, 0.15) is 0 Å². The second kappa shape index (κ2) is 11.0. The molecule has 0 unspecified atom stereocenters. The lowest BCUT2D eigenvalue weighted by molar-refractivity contribution is -0.144. The highest BCUT2D eigenvalue weighted by Crippen LogP contribution is 2.07. The first-order valence-corrected chi connectivity index (χ1v) is 6.82. The Hall–Kier alpha value is -0.530. The Balaban J connectivity index is 3.11. The third-order valence-electron chi connectivity index (χ3n) is 2.59. The van der Waals surface area contributed by atoms with Crippen molar-refractivity contribution in [2.45, 2.75) is 72.1 Å². The zero-order valence-corrected chi connectivity index (χ0v) is 11.3. The third-order valence-corrected chi connectivity index (χ3v) is 2.59. The van der Waals surface area contributed by atoms with E-state index in [0.717, 1.165) is 6.42 Å². The Morgan fingerprint density at radius 2 is 1.56 bits per heavy atom. The molecule has 0 aliphatic carbocycles. The van der Waals surface area contributed by atoms with Crippen molar-refractivity contribution in [3.63, 3.8) is 0 Å². The summed E-state index contributed by atoms with van der Waals surface area (Å²) in [5, 5.41) is 0. The lowest BCUT2D eigenvalue weighted by Crippen LogP contribution is -2.08. The SMILES string of the molecule is CCCCCCCCCOC(=O)CC(C)C. The van der Waals surface area contributed by atoms with E-state index in [0.29, 0.717) is 18.9 Å². The molecule has 0 radical (unpaired) electrons. The minimum atomic E-state index is -0.0408. The Bertz CT molecular complexity index is 164. The van der Waals surface area contributed by atoms with E-state index in [9.17, 15) is 4.79 Å². The maximum Gasteiger partial charge on any atom is 0.306 e. The van der Waals surface area contributed by atoms with E-state index in [1.54, 1.807) is 0 Å². The van der Waals surface area contributed by atoms with Crippen molar-refractivity contribution in [3.8, 4) is 0 Å². The predicted octanol–water partition coefficient (Wildman–Crippen LogP) is 4.33. The number of hydrogen-bond acceptors (Lipinski definition) is 2. The van der Waals surface area contributed by atoms with Crippen molar-refractivity contribution < 1.29 is 9.53 Å². The van der Waals surface area contributed by atoms with Gasteiger partial charge in [0.2, 0.25) is 0 Å². The van der Waals surface area contributed by atoms with Crippen LogP contribution in [0.2, 0.25) is 0 Å². The van der Waals surface area contributed by atoms with Crippen molar-refractivity contribution in [3.05, 3.63) is 0 Å². The second-order valence-corrected chi connectivity index (χ2v) is 4.94. The summed E-state index contributed by atoms with van der Waals surface area (Å²) in [5.74, 6) is 0.363. The molecule has 0 N–H and O–H groups in total. The maximum absolute atomic E-state index is 11.2. The smallest absolute Gasteiger partial charge is 0.306 e. The predicted molar refractivity (Wildman–Crippen MR) is 68.4 cm³/mol. The first-order valence-electron chi connectivity index (χ1n) is 6.82. The average Bonchev–Trinajstić information content (AvgIpc) is 2.21. The molecular formula is C14H28O2. The first kappa shape index (κ1) is 15.5. The molecule has 2 heteroatoms. The Morgan fingerprint density at radius 1 is 1.00 bits per heavy atom. The molecule has 0 spiro atoms. The van der Waals surface area contributed by atoms with Gasteiger partial charge in [-0.1, -0.05) is 59.3 Å². The van der Waals surface area contributed by atoms with Crippen LogP contribution in [0.5, 0.6) is 0 Å². The highest BCUT2D eigenvalue weighted by molar-refractivity contribution is 5.69. The molecule has 2 nitrogen and oxygen atoms in total. The van der Waals surface area contributed by atoms with E-state index in [2.05, 4.69) is 6.92 Å². The van der Waals surface area contributed by atoms with E-state index in [1.165, 1.54) is 38.5 Å². The normalized spacial score (nSPS) is 10.8. The van der Waals surface area contributed by atoms with Gasteiger partial charge >= 0.3 is 5.97 Å². The number of esters is 1. The van der Waals surface area contributed by atoms with Crippen LogP contribution in [0, 0.1) is 5.92 Å². The molecule has 0 atom stereocenters. The monoisotopic (exact) mass is 228 g/mol. The van der Waals surface area contributed by atoms with Crippen LogP contribution in [0.4, 0.5) is 0 Å². The molecule has 0 heterocycles. The van der Waals surface area contributed by atoms with Gasteiger partial charge in [-0.15, -0.1) is 0 Å². The third kappa shape index (κ3) is 11.5. The molecule has 0 aromatic carbocycles. The van der Waals surface area contributed by atoms with Crippen LogP contribution >= 0.6 is 0 Å². The number of ether oxygens (including phenoxy) is 1. The summed E-state index contributed by atoms with van der Waals surface area (Å²) < 4.78 is 5.14. The standard InChI is InChI=1S/C14H28O2/c1-4-5-6-7-8-9-10-11-16-14(15)12-13(2)3/h13H,4-12H2,1-3H3. The van der Waals surface area contributed by atoms with E-state index < -0.39 is 0 Å². The average molecular weight is 228 g/mol. The summed E-state index contributed by atoms with van der Waals surface area (Å²) in [6, 6.07) is 0. The first-order chi connectivity index (χ1) is 7.66. The summed E-state index contributed by atoms with van der Waals surface area (Å²) in [5.41, 5.74) is 0. The molecule has 0 fully saturated rings. The van der Waals surface area contributed by atoms with Crippen molar-refractivity contribution in [1.82, 2.24) is 0 Å². The van der Waals surface area contributed by atoms with Gasteiger partial charge in [0, 0.05) is 6.42 Å². The van der Waals surface area contributed by atoms with Crippen molar-refractivity contribution in [2.75, 3.05) is 6.61 Å². The fourth-order valence-corrected chi connectivity index (χ4v) is 1.64. The molecule has 16 heavy (non-hydrogen) atoms. The Labute approximate surface area is 101 Å². The van der Waals surface area contributed by atoms with Crippen LogP contribution in [-0.4, -0.2) is 12.6 Å². The molecule has 0 bridgehead atoms. The molecule has 0 saturated carbocycles. The van der Waals surface area contributed by atoms with Crippen LogP contribution < -0.4 is 0 Å². The summed E-state index contributed by atoms with van der Waals surface area (Å²) in [4.78, 5) is 11.2. The largest absolute Gasteiger partial charge is 0.466 e. The van der Waals surface area contributed by atoms with Crippen LogP contribution in [0.3, 0.4) is 0 Å². The lowest BCUT2D eigenvalue weighted by Gasteiger charge is -2.06. The van der Waals surface area contributed by atoms with Gasteiger partial charge in [-0.3, -0.25) is 4.79 Å². The molecular weight excluding hydrogens is 200 g/mol. The van der Waals surface area contributed by atoms with Crippen molar-refractivity contribution in [1.29, 1.82) is 0 Å². The minimum Gasteiger partial charge on any atom is -0.466 e. The number of rotatable bonds is 10. The summed E-state index contributed by atoms with van der Waals surface area (Å²) >= 11 is 0. The molecule has 96 valence electrons. The van der Waals surface area contributed by atoms with Gasteiger partial charge in [0.15, 0.2) is 0 Å². The topological polar surface area (TPSA) is 26.3 Å². The van der Waals surface area contributed by atoms with E-state index in [1.807, 2.05) is 13.8 Å².